The summed E-state index contributed by atoms with van der Waals surface area (Å²) in [6.07, 6.45) is 8.04. The van der Waals surface area contributed by atoms with Crippen molar-refractivity contribution in [1.82, 2.24) is 0 Å². The Labute approximate surface area is 103 Å². The molecule has 0 aromatic rings. The van der Waals surface area contributed by atoms with Gasteiger partial charge in [0, 0.05) is 12.5 Å². The number of aliphatic hydroxyl groups is 1. The first kappa shape index (κ1) is 14.4. The molecular formula is C12H21NO3S. The normalized spacial score (nSPS) is 28.0. The molecule has 0 aromatic carbocycles. The third-order valence-electron chi connectivity index (χ3n) is 3.75. The van der Waals surface area contributed by atoms with Crippen LogP contribution in [0.1, 0.15) is 26.7 Å². The molecule has 4 nitrogen and oxygen atoms in total. The van der Waals surface area contributed by atoms with E-state index in [9.17, 15) is 13.5 Å². The number of nitrogens with two attached hydrogens (primary N) is 1. The van der Waals surface area contributed by atoms with Crippen molar-refractivity contribution in [2.24, 2.45) is 17.0 Å². The molecule has 0 fully saturated rings. The summed E-state index contributed by atoms with van der Waals surface area (Å²) in [6.45, 7) is 3.75. The van der Waals surface area contributed by atoms with Crippen LogP contribution in [0.5, 0.6) is 0 Å². The van der Waals surface area contributed by atoms with E-state index in [2.05, 4.69) is 0 Å². The first-order chi connectivity index (χ1) is 7.89. The van der Waals surface area contributed by atoms with Gasteiger partial charge in [0.25, 0.3) is 0 Å². The van der Waals surface area contributed by atoms with Crippen molar-refractivity contribution in [2.45, 2.75) is 31.4 Å². The number of hydrogen-bond donors (Lipinski definition) is 2. The molecule has 0 saturated heterocycles. The van der Waals surface area contributed by atoms with E-state index in [4.69, 9.17) is 5.14 Å². The van der Waals surface area contributed by atoms with Crippen LogP contribution in [0.25, 0.3) is 0 Å². The maximum absolute atomic E-state index is 11.9. The summed E-state index contributed by atoms with van der Waals surface area (Å²) in [6, 6.07) is 0. The van der Waals surface area contributed by atoms with Crippen LogP contribution >= 0.6 is 0 Å². The van der Waals surface area contributed by atoms with Gasteiger partial charge in [-0.2, -0.15) is 0 Å². The van der Waals surface area contributed by atoms with Gasteiger partial charge in [-0.15, -0.1) is 0 Å². The lowest BCUT2D eigenvalue weighted by molar-refractivity contribution is 0.153. The molecule has 0 heterocycles. The molecule has 0 bridgehead atoms. The molecule has 1 aliphatic rings. The highest BCUT2D eigenvalue weighted by molar-refractivity contribution is 7.90. The van der Waals surface area contributed by atoms with Gasteiger partial charge >= 0.3 is 0 Å². The Bertz CT molecular complexity index is 413. The smallest absolute Gasteiger partial charge is 0.219 e. The third-order valence-corrected chi connectivity index (χ3v) is 5.41. The Morgan fingerprint density at radius 3 is 2.47 bits per heavy atom. The molecule has 0 spiro atoms. The quantitative estimate of drug-likeness (QED) is 0.778. The topological polar surface area (TPSA) is 80.4 Å². The molecule has 5 heteroatoms. The van der Waals surface area contributed by atoms with E-state index in [0.29, 0.717) is 6.42 Å². The molecule has 0 radical (unpaired) electrons. The molecule has 98 valence electrons. The zero-order valence-electron chi connectivity index (χ0n) is 10.3. The van der Waals surface area contributed by atoms with Gasteiger partial charge in [0.1, 0.15) is 4.75 Å². The van der Waals surface area contributed by atoms with Crippen molar-refractivity contribution in [3.63, 3.8) is 0 Å². The summed E-state index contributed by atoms with van der Waals surface area (Å²) in [5.74, 6) is -0.279. The van der Waals surface area contributed by atoms with Crippen LogP contribution in [0.3, 0.4) is 0 Å². The SMILES string of the molecule is CC[C@H](C)C(CO)[C@@]1(S(N)(=O)=O)C=CC=CC1. The summed E-state index contributed by atoms with van der Waals surface area (Å²) >= 11 is 0. The van der Waals surface area contributed by atoms with Gasteiger partial charge < -0.3 is 5.11 Å². The Morgan fingerprint density at radius 2 is 2.12 bits per heavy atom. The predicted molar refractivity (Wildman–Crippen MR) is 68.8 cm³/mol. The van der Waals surface area contributed by atoms with Crippen molar-refractivity contribution >= 4 is 10.0 Å². The first-order valence-corrected chi connectivity index (χ1v) is 7.41. The van der Waals surface area contributed by atoms with Gasteiger partial charge in [-0.1, -0.05) is 44.6 Å². The first-order valence-electron chi connectivity index (χ1n) is 5.86. The zero-order chi connectivity index (χ0) is 13.1. The van der Waals surface area contributed by atoms with Crippen molar-refractivity contribution in [1.29, 1.82) is 0 Å². The third kappa shape index (κ3) is 2.61. The number of primary sulfonamides is 1. The predicted octanol–water partition coefficient (Wildman–Crippen LogP) is 1.18. The average molecular weight is 259 g/mol. The summed E-state index contributed by atoms with van der Waals surface area (Å²) < 4.78 is 22.7. The van der Waals surface area contributed by atoms with Crippen LogP contribution < -0.4 is 5.14 Å². The van der Waals surface area contributed by atoms with Crippen LogP contribution in [0.4, 0.5) is 0 Å². The Morgan fingerprint density at radius 1 is 1.47 bits per heavy atom. The fourth-order valence-electron chi connectivity index (χ4n) is 2.41. The van der Waals surface area contributed by atoms with Crippen LogP contribution in [0.2, 0.25) is 0 Å². The summed E-state index contributed by atoms with van der Waals surface area (Å²) in [4.78, 5) is 0. The number of sulfonamides is 1. The molecule has 17 heavy (non-hydrogen) atoms. The van der Waals surface area contributed by atoms with Gasteiger partial charge in [0.05, 0.1) is 0 Å². The molecule has 1 aliphatic carbocycles. The average Bonchev–Trinajstić information content (AvgIpc) is 2.29. The molecule has 0 saturated carbocycles. The van der Waals surface area contributed by atoms with E-state index in [1.54, 1.807) is 24.3 Å². The Kier molecular flexibility index (Phi) is 4.52. The highest BCUT2D eigenvalue weighted by Crippen LogP contribution is 2.38. The van der Waals surface area contributed by atoms with Gasteiger partial charge in [-0.05, 0) is 12.3 Å². The number of aliphatic hydroxyl groups excluding tert-OH is 1. The molecule has 0 aromatic heterocycles. The van der Waals surface area contributed by atoms with E-state index < -0.39 is 14.8 Å². The lowest BCUT2D eigenvalue weighted by Gasteiger charge is -2.39. The van der Waals surface area contributed by atoms with Crippen LogP contribution in [0.15, 0.2) is 24.3 Å². The van der Waals surface area contributed by atoms with E-state index in [1.807, 2.05) is 13.8 Å². The second-order valence-corrected chi connectivity index (χ2v) is 6.52. The molecular weight excluding hydrogens is 238 g/mol. The van der Waals surface area contributed by atoms with Crippen molar-refractivity contribution in [3.05, 3.63) is 24.3 Å². The van der Waals surface area contributed by atoms with E-state index >= 15 is 0 Å². The van der Waals surface area contributed by atoms with Gasteiger partial charge in [-0.3, -0.25) is 0 Å². The highest BCUT2D eigenvalue weighted by atomic mass is 32.2. The minimum absolute atomic E-state index is 0.0921. The fraction of sp³-hybridized carbons (Fsp3) is 0.667. The van der Waals surface area contributed by atoms with Gasteiger partial charge in [0.2, 0.25) is 10.0 Å². The molecule has 1 unspecified atom stereocenters. The van der Waals surface area contributed by atoms with E-state index in [-0.39, 0.29) is 18.4 Å². The largest absolute Gasteiger partial charge is 0.396 e. The Balaban J connectivity index is 3.24. The van der Waals surface area contributed by atoms with Gasteiger partial charge in [0.15, 0.2) is 0 Å². The highest BCUT2D eigenvalue weighted by Gasteiger charge is 2.47. The number of hydrogen-bond acceptors (Lipinski definition) is 3. The monoisotopic (exact) mass is 259 g/mol. The maximum Gasteiger partial charge on any atom is 0.219 e. The van der Waals surface area contributed by atoms with Crippen molar-refractivity contribution in [3.8, 4) is 0 Å². The van der Waals surface area contributed by atoms with Crippen molar-refractivity contribution < 1.29 is 13.5 Å². The minimum Gasteiger partial charge on any atom is -0.396 e. The number of allylic oxidation sites excluding steroid dienone is 3. The zero-order valence-corrected chi connectivity index (χ0v) is 11.2. The molecule has 3 atom stereocenters. The lowest BCUT2D eigenvalue weighted by Crippen LogP contribution is -2.51. The summed E-state index contributed by atoms with van der Waals surface area (Å²) in [5, 5.41) is 14.9. The van der Waals surface area contributed by atoms with Gasteiger partial charge in [-0.25, -0.2) is 13.6 Å². The standard InChI is InChI=1S/C12H21NO3S/c1-3-10(2)11(9-14)12(17(13,15)16)7-5-4-6-8-12/h4-7,10-11,14H,3,8-9H2,1-2H3,(H2,13,15,16)/t10-,11?,12+/m0/s1. The fourth-order valence-corrected chi connectivity index (χ4v) is 3.74. The van der Waals surface area contributed by atoms with Crippen LogP contribution in [0, 0.1) is 11.8 Å². The molecule has 0 aliphatic heterocycles. The van der Waals surface area contributed by atoms with E-state index in [1.165, 1.54) is 0 Å². The maximum atomic E-state index is 11.9. The second kappa shape index (κ2) is 5.33. The molecule has 3 N–H and O–H groups in total. The van der Waals surface area contributed by atoms with Crippen LogP contribution in [-0.4, -0.2) is 24.9 Å². The minimum atomic E-state index is -3.75. The lowest BCUT2D eigenvalue weighted by atomic mass is 9.78. The summed E-state index contributed by atoms with van der Waals surface area (Å²) in [7, 11) is -3.75. The van der Waals surface area contributed by atoms with Crippen molar-refractivity contribution in [2.75, 3.05) is 6.61 Å². The Hall–Kier alpha value is -0.650. The summed E-state index contributed by atoms with van der Waals surface area (Å²) in [5.41, 5.74) is 0. The second-order valence-electron chi connectivity index (χ2n) is 4.67. The molecule has 0 amide bonds. The number of rotatable bonds is 5. The molecule has 1 rings (SSSR count). The van der Waals surface area contributed by atoms with Crippen LogP contribution in [-0.2, 0) is 10.0 Å². The van der Waals surface area contributed by atoms with E-state index in [0.717, 1.165) is 6.42 Å².